The Kier molecular flexibility index (Phi) is 6.01. The molecule has 0 aliphatic carbocycles. The van der Waals surface area contributed by atoms with Gasteiger partial charge in [0.1, 0.15) is 5.82 Å². The molecule has 2 N–H and O–H groups in total. The Labute approximate surface area is 161 Å². The lowest BCUT2D eigenvalue weighted by Crippen LogP contribution is -2.07. The summed E-state index contributed by atoms with van der Waals surface area (Å²) in [6.07, 6.45) is 5.37. The van der Waals surface area contributed by atoms with Gasteiger partial charge in [-0.15, -0.1) is 0 Å². The van der Waals surface area contributed by atoms with Gasteiger partial charge in [0.05, 0.1) is 0 Å². The predicted molar refractivity (Wildman–Crippen MR) is 111 cm³/mol. The number of pyridine rings is 1. The van der Waals surface area contributed by atoms with Crippen molar-refractivity contribution in [2.75, 3.05) is 10.6 Å². The Morgan fingerprint density at radius 3 is 2.26 bits per heavy atom. The zero-order chi connectivity index (χ0) is 19.2. The van der Waals surface area contributed by atoms with Crippen LogP contribution in [0.4, 0.5) is 17.5 Å². The zero-order valence-corrected chi connectivity index (χ0v) is 16.4. The number of benzene rings is 1. The van der Waals surface area contributed by atoms with Crippen LogP contribution in [0.15, 0.2) is 55.0 Å². The first kappa shape index (κ1) is 18.8. The van der Waals surface area contributed by atoms with E-state index in [0.29, 0.717) is 24.3 Å². The third-order valence-corrected chi connectivity index (χ3v) is 4.46. The van der Waals surface area contributed by atoms with Crippen LogP contribution in [0.25, 0.3) is 0 Å². The van der Waals surface area contributed by atoms with Crippen molar-refractivity contribution in [1.82, 2.24) is 15.0 Å². The van der Waals surface area contributed by atoms with Gasteiger partial charge in [-0.3, -0.25) is 4.98 Å². The highest BCUT2D eigenvalue weighted by Crippen LogP contribution is 2.34. The molecule has 2 aromatic heterocycles. The molecule has 0 atom stereocenters. The molecule has 0 unspecified atom stereocenters. The molecular weight excluding hydrogens is 334 g/mol. The van der Waals surface area contributed by atoms with Gasteiger partial charge in [-0.05, 0) is 40.7 Å². The molecule has 0 radical (unpaired) electrons. The SMILES string of the molecule is CC(C)c1cccc(C(C)C)c1Nc1ccnc(NCc2cccnc2)n1. The number of hydrogen-bond donors (Lipinski definition) is 2. The van der Waals surface area contributed by atoms with E-state index in [2.05, 4.69) is 71.5 Å². The molecule has 27 heavy (non-hydrogen) atoms. The maximum Gasteiger partial charge on any atom is 0.224 e. The van der Waals surface area contributed by atoms with E-state index in [1.807, 2.05) is 24.4 Å². The van der Waals surface area contributed by atoms with Gasteiger partial charge in [-0.25, -0.2) is 4.98 Å². The molecule has 0 amide bonds. The molecule has 0 saturated carbocycles. The lowest BCUT2D eigenvalue weighted by Gasteiger charge is -2.20. The maximum atomic E-state index is 4.63. The molecule has 3 rings (SSSR count). The first-order valence-corrected chi connectivity index (χ1v) is 9.40. The first-order chi connectivity index (χ1) is 13.0. The molecule has 0 aliphatic rings. The number of anilines is 3. The first-order valence-electron chi connectivity index (χ1n) is 9.40. The fraction of sp³-hybridized carbons (Fsp3) is 0.318. The number of para-hydroxylation sites is 1. The number of nitrogens with zero attached hydrogens (tertiary/aromatic N) is 3. The minimum Gasteiger partial charge on any atom is -0.350 e. The number of rotatable bonds is 7. The number of aromatic nitrogens is 3. The average Bonchev–Trinajstić information content (AvgIpc) is 2.67. The molecule has 5 heteroatoms. The molecule has 0 spiro atoms. The third kappa shape index (κ3) is 4.82. The molecule has 0 fully saturated rings. The summed E-state index contributed by atoms with van der Waals surface area (Å²) in [4.78, 5) is 13.1. The molecule has 140 valence electrons. The van der Waals surface area contributed by atoms with Crippen molar-refractivity contribution in [3.63, 3.8) is 0 Å². The second-order valence-electron chi connectivity index (χ2n) is 7.23. The molecule has 5 nitrogen and oxygen atoms in total. The van der Waals surface area contributed by atoms with Crippen molar-refractivity contribution in [3.8, 4) is 0 Å². The molecular formula is C22H27N5. The van der Waals surface area contributed by atoms with E-state index < -0.39 is 0 Å². The fourth-order valence-corrected chi connectivity index (χ4v) is 3.02. The highest BCUT2D eigenvalue weighted by atomic mass is 15.1. The van der Waals surface area contributed by atoms with E-state index in [1.165, 1.54) is 11.1 Å². The maximum absolute atomic E-state index is 4.63. The Balaban J connectivity index is 1.82. The standard InChI is InChI=1S/C22H27N5/c1-15(2)18-8-5-9-19(16(3)4)21(18)26-20-10-12-24-22(27-20)25-14-17-7-6-11-23-13-17/h5-13,15-16H,14H2,1-4H3,(H2,24,25,26,27). The van der Waals surface area contributed by atoms with Crippen LogP contribution in [0.3, 0.4) is 0 Å². The van der Waals surface area contributed by atoms with Crippen molar-refractivity contribution in [3.05, 3.63) is 71.7 Å². The summed E-state index contributed by atoms with van der Waals surface area (Å²) >= 11 is 0. The summed E-state index contributed by atoms with van der Waals surface area (Å²) in [5.74, 6) is 2.23. The Morgan fingerprint density at radius 2 is 1.63 bits per heavy atom. The van der Waals surface area contributed by atoms with Gasteiger partial charge in [-0.2, -0.15) is 4.98 Å². The van der Waals surface area contributed by atoms with Crippen molar-refractivity contribution >= 4 is 17.5 Å². The van der Waals surface area contributed by atoms with Crippen molar-refractivity contribution in [2.45, 2.75) is 46.1 Å². The summed E-state index contributed by atoms with van der Waals surface area (Å²) in [5.41, 5.74) is 4.83. The van der Waals surface area contributed by atoms with Gasteiger partial charge in [-0.1, -0.05) is 52.0 Å². The lowest BCUT2D eigenvalue weighted by atomic mass is 9.92. The van der Waals surface area contributed by atoms with E-state index in [-0.39, 0.29) is 0 Å². The van der Waals surface area contributed by atoms with Crippen LogP contribution in [-0.2, 0) is 6.54 Å². The highest BCUT2D eigenvalue weighted by Gasteiger charge is 2.14. The van der Waals surface area contributed by atoms with E-state index in [9.17, 15) is 0 Å². The van der Waals surface area contributed by atoms with Crippen molar-refractivity contribution < 1.29 is 0 Å². The van der Waals surface area contributed by atoms with Gasteiger partial charge in [0, 0.05) is 30.8 Å². The summed E-state index contributed by atoms with van der Waals surface area (Å²) in [7, 11) is 0. The minimum absolute atomic E-state index is 0.427. The monoisotopic (exact) mass is 361 g/mol. The molecule has 0 saturated heterocycles. The van der Waals surface area contributed by atoms with Gasteiger partial charge >= 0.3 is 0 Å². The van der Waals surface area contributed by atoms with E-state index in [1.54, 1.807) is 12.4 Å². The van der Waals surface area contributed by atoms with Crippen LogP contribution in [0.2, 0.25) is 0 Å². The summed E-state index contributed by atoms with van der Waals surface area (Å²) in [6.45, 7) is 9.49. The van der Waals surface area contributed by atoms with Gasteiger partial charge in [0.15, 0.2) is 0 Å². The quantitative estimate of drug-likeness (QED) is 0.584. The fourth-order valence-electron chi connectivity index (χ4n) is 3.02. The third-order valence-electron chi connectivity index (χ3n) is 4.46. The van der Waals surface area contributed by atoms with Gasteiger partial charge in [0.2, 0.25) is 5.95 Å². The van der Waals surface area contributed by atoms with E-state index in [0.717, 1.165) is 17.1 Å². The summed E-state index contributed by atoms with van der Waals surface area (Å²) < 4.78 is 0. The second-order valence-corrected chi connectivity index (χ2v) is 7.23. The topological polar surface area (TPSA) is 62.7 Å². The highest BCUT2D eigenvalue weighted by molar-refractivity contribution is 5.67. The predicted octanol–water partition coefficient (Wildman–Crippen LogP) is 5.47. The molecule has 2 heterocycles. The van der Waals surface area contributed by atoms with Crippen molar-refractivity contribution in [1.29, 1.82) is 0 Å². The zero-order valence-electron chi connectivity index (χ0n) is 16.4. The van der Waals surface area contributed by atoms with Gasteiger partial charge < -0.3 is 10.6 Å². The van der Waals surface area contributed by atoms with E-state index >= 15 is 0 Å². The van der Waals surface area contributed by atoms with Crippen LogP contribution in [0, 0.1) is 0 Å². The Bertz CT molecular complexity index is 849. The molecule has 0 bridgehead atoms. The number of hydrogen-bond acceptors (Lipinski definition) is 5. The molecule has 3 aromatic rings. The smallest absolute Gasteiger partial charge is 0.224 e. The lowest BCUT2D eigenvalue weighted by molar-refractivity contribution is 0.838. The Morgan fingerprint density at radius 1 is 0.889 bits per heavy atom. The van der Waals surface area contributed by atoms with Crippen LogP contribution in [0.1, 0.15) is 56.2 Å². The van der Waals surface area contributed by atoms with Crippen LogP contribution in [0.5, 0.6) is 0 Å². The van der Waals surface area contributed by atoms with Crippen molar-refractivity contribution in [2.24, 2.45) is 0 Å². The van der Waals surface area contributed by atoms with Crippen LogP contribution >= 0.6 is 0 Å². The Hall–Kier alpha value is -2.95. The average molecular weight is 361 g/mol. The minimum atomic E-state index is 0.427. The van der Waals surface area contributed by atoms with Gasteiger partial charge in [0.25, 0.3) is 0 Å². The van der Waals surface area contributed by atoms with Crippen LogP contribution < -0.4 is 10.6 Å². The number of nitrogens with one attached hydrogen (secondary N) is 2. The van der Waals surface area contributed by atoms with E-state index in [4.69, 9.17) is 0 Å². The van der Waals surface area contributed by atoms with Crippen LogP contribution in [-0.4, -0.2) is 15.0 Å². The normalized spacial score (nSPS) is 11.0. The molecule has 1 aromatic carbocycles. The molecule has 0 aliphatic heterocycles. The second kappa shape index (κ2) is 8.62. The summed E-state index contributed by atoms with van der Waals surface area (Å²) in [5, 5.41) is 6.80. The largest absolute Gasteiger partial charge is 0.350 e. The summed E-state index contributed by atoms with van der Waals surface area (Å²) in [6, 6.07) is 12.3.